The van der Waals surface area contributed by atoms with Crippen molar-refractivity contribution < 1.29 is 23.1 Å². The number of aliphatic hydroxyl groups is 1. The molecule has 0 aromatic heterocycles. The lowest BCUT2D eigenvalue weighted by atomic mass is 10.1. The second-order valence-electron chi connectivity index (χ2n) is 9.20. The first-order chi connectivity index (χ1) is 18.8. The highest BCUT2D eigenvalue weighted by Gasteiger charge is 2.19. The van der Waals surface area contributed by atoms with E-state index in [4.69, 9.17) is 11.6 Å². The Kier molecular flexibility index (Phi) is 9.54. The van der Waals surface area contributed by atoms with Crippen molar-refractivity contribution in [1.29, 1.82) is 0 Å². The summed E-state index contributed by atoms with van der Waals surface area (Å²) < 4.78 is 30.8. The standard InChI is InChI=1S/C31H30ClNO5S/c1-38-31(35)26-11-17-29(18-12-26)39(36,37)28-15-7-23(8-16-28)19-20-33(21-24-5-3-2-4-6-24)22-30(34)25-9-13-27(32)14-10-25/h2-18,30,34H,19-22H2,1H3/t30-/m0/s1. The summed E-state index contributed by atoms with van der Waals surface area (Å²) in [4.78, 5) is 14.1. The molecule has 1 atom stereocenters. The molecular weight excluding hydrogens is 534 g/mol. The van der Waals surface area contributed by atoms with Crippen molar-refractivity contribution >= 4 is 27.4 Å². The summed E-state index contributed by atoms with van der Waals surface area (Å²) in [7, 11) is -2.46. The van der Waals surface area contributed by atoms with Crippen molar-refractivity contribution in [3.63, 3.8) is 0 Å². The highest BCUT2D eigenvalue weighted by atomic mass is 35.5. The van der Waals surface area contributed by atoms with E-state index in [0.717, 1.165) is 16.7 Å². The maximum Gasteiger partial charge on any atom is 0.337 e. The number of carbonyl (C=O) groups is 1. The van der Waals surface area contributed by atoms with Gasteiger partial charge in [0.2, 0.25) is 9.84 Å². The van der Waals surface area contributed by atoms with Crippen LogP contribution in [0.15, 0.2) is 113 Å². The molecule has 0 aliphatic heterocycles. The third-order valence-electron chi connectivity index (χ3n) is 6.47. The number of sulfone groups is 1. The van der Waals surface area contributed by atoms with E-state index in [1.165, 1.54) is 31.4 Å². The van der Waals surface area contributed by atoms with Gasteiger partial charge in [0.25, 0.3) is 0 Å². The Morgan fingerprint density at radius 3 is 2.03 bits per heavy atom. The Labute approximate surface area is 234 Å². The molecule has 4 aromatic carbocycles. The van der Waals surface area contributed by atoms with Crippen LogP contribution in [0.4, 0.5) is 0 Å². The Morgan fingerprint density at radius 1 is 0.846 bits per heavy atom. The van der Waals surface area contributed by atoms with Crippen molar-refractivity contribution in [1.82, 2.24) is 4.90 Å². The Bertz CT molecular complexity index is 1470. The molecular formula is C31H30ClNO5S. The normalized spacial score (nSPS) is 12.3. The molecule has 0 amide bonds. The minimum Gasteiger partial charge on any atom is -0.465 e. The predicted octanol–water partition coefficient (Wildman–Crippen LogP) is 5.74. The molecule has 0 saturated carbocycles. The van der Waals surface area contributed by atoms with Gasteiger partial charge in [-0.2, -0.15) is 0 Å². The summed E-state index contributed by atoms with van der Waals surface area (Å²) in [6.45, 7) is 1.77. The summed E-state index contributed by atoms with van der Waals surface area (Å²) in [5.41, 5.74) is 3.20. The van der Waals surface area contributed by atoms with Gasteiger partial charge in [0.15, 0.2) is 0 Å². The fourth-order valence-electron chi connectivity index (χ4n) is 4.26. The Hall–Kier alpha value is -3.49. The van der Waals surface area contributed by atoms with Gasteiger partial charge in [-0.25, -0.2) is 13.2 Å². The fraction of sp³-hybridized carbons (Fsp3) is 0.194. The number of aliphatic hydroxyl groups excluding tert-OH is 1. The first-order valence-electron chi connectivity index (χ1n) is 12.5. The number of hydrogen-bond donors (Lipinski definition) is 1. The van der Waals surface area contributed by atoms with Crippen LogP contribution in [-0.2, 0) is 27.5 Å². The van der Waals surface area contributed by atoms with Crippen LogP contribution in [0, 0.1) is 0 Å². The first-order valence-corrected chi connectivity index (χ1v) is 14.3. The maximum atomic E-state index is 13.1. The number of rotatable bonds is 11. The van der Waals surface area contributed by atoms with Crippen molar-refractivity contribution in [2.24, 2.45) is 0 Å². The monoisotopic (exact) mass is 563 g/mol. The predicted molar refractivity (Wildman–Crippen MR) is 152 cm³/mol. The van der Waals surface area contributed by atoms with Crippen LogP contribution in [-0.4, -0.2) is 44.6 Å². The van der Waals surface area contributed by atoms with Crippen LogP contribution in [0.3, 0.4) is 0 Å². The number of halogens is 1. The lowest BCUT2D eigenvalue weighted by Gasteiger charge is -2.25. The molecule has 0 radical (unpaired) electrons. The van der Waals surface area contributed by atoms with E-state index >= 15 is 0 Å². The lowest BCUT2D eigenvalue weighted by molar-refractivity contribution is 0.0600. The highest BCUT2D eigenvalue weighted by molar-refractivity contribution is 7.91. The highest BCUT2D eigenvalue weighted by Crippen LogP contribution is 2.23. The summed E-state index contributed by atoms with van der Waals surface area (Å²) in [6, 6.07) is 29.8. The Balaban J connectivity index is 1.44. The molecule has 0 saturated heterocycles. The van der Waals surface area contributed by atoms with Gasteiger partial charge in [-0.05, 0) is 71.6 Å². The molecule has 0 aliphatic rings. The van der Waals surface area contributed by atoms with E-state index in [9.17, 15) is 18.3 Å². The van der Waals surface area contributed by atoms with E-state index in [-0.39, 0.29) is 15.4 Å². The number of carbonyl (C=O) groups excluding carboxylic acids is 1. The topological polar surface area (TPSA) is 83.9 Å². The van der Waals surface area contributed by atoms with Gasteiger partial charge in [0.1, 0.15) is 0 Å². The molecule has 0 fully saturated rings. The van der Waals surface area contributed by atoms with Gasteiger partial charge in [-0.15, -0.1) is 0 Å². The summed E-state index contributed by atoms with van der Waals surface area (Å²) in [6.07, 6.45) is -0.00186. The maximum absolute atomic E-state index is 13.1. The third-order valence-corrected chi connectivity index (χ3v) is 8.51. The van der Waals surface area contributed by atoms with Gasteiger partial charge in [0.05, 0.1) is 28.6 Å². The largest absolute Gasteiger partial charge is 0.465 e. The number of hydrogen-bond acceptors (Lipinski definition) is 6. The molecule has 6 nitrogen and oxygen atoms in total. The van der Waals surface area contributed by atoms with Gasteiger partial charge in [-0.3, -0.25) is 4.90 Å². The van der Waals surface area contributed by atoms with Crippen LogP contribution >= 0.6 is 11.6 Å². The van der Waals surface area contributed by atoms with Gasteiger partial charge >= 0.3 is 5.97 Å². The van der Waals surface area contributed by atoms with Crippen molar-refractivity contribution in [2.75, 3.05) is 20.2 Å². The number of esters is 1. The number of benzene rings is 4. The molecule has 4 rings (SSSR count). The van der Waals surface area contributed by atoms with E-state index < -0.39 is 21.9 Å². The second-order valence-corrected chi connectivity index (χ2v) is 11.6. The fourth-order valence-corrected chi connectivity index (χ4v) is 5.64. The molecule has 4 aromatic rings. The summed E-state index contributed by atoms with van der Waals surface area (Å²) in [5, 5.41) is 11.5. The molecule has 0 unspecified atom stereocenters. The van der Waals surface area contributed by atoms with E-state index in [0.29, 0.717) is 31.1 Å². The van der Waals surface area contributed by atoms with E-state index in [1.54, 1.807) is 24.3 Å². The number of nitrogens with zero attached hydrogens (tertiary/aromatic N) is 1. The van der Waals surface area contributed by atoms with Crippen LogP contribution < -0.4 is 0 Å². The zero-order valence-corrected chi connectivity index (χ0v) is 23.1. The van der Waals surface area contributed by atoms with Crippen LogP contribution in [0.5, 0.6) is 0 Å². The van der Waals surface area contributed by atoms with Gasteiger partial charge < -0.3 is 9.84 Å². The number of ether oxygens (including phenoxy) is 1. The van der Waals surface area contributed by atoms with Crippen LogP contribution in [0.1, 0.15) is 33.2 Å². The minimum atomic E-state index is -3.73. The molecule has 1 N–H and O–H groups in total. The third kappa shape index (κ3) is 7.55. The SMILES string of the molecule is COC(=O)c1ccc(S(=O)(=O)c2ccc(CCN(Cc3ccccc3)C[C@H](O)c3ccc(Cl)cc3)cc2)cc1. The molecule has 0 bridgehead atoms. The summed E-state index contributed by atoms with van der Waals surface area (Å²) in [5.74, 6) is -0.523. The van der Waals surface area contributed by atoms with Crippen molar-refractivity contribution in [2.45, 2.75) is 28.9 Å². The molecule has 202 valence electrons. The molecule has 0 aliphatic carbocycles. The van der Waals surface area contributed by atoms with Crippen molar-refractivity contribution in [3.05, 3.63) is 130 Å². The second kappa shape index (κ2) is 13.0. The minimum absolute atomic E-state index is 0.105. The Morgan fingerprint density at radius 2 is 1.44 bits per heavy atom. The number of methoxy groups -OCH3 is 1. The lowest BCUT2D eigenvalue weighted by Crippen LogP contribution is -2.30. The zero-order valence-electron chi connectivity index (χ0n) is 21.5. The van der Waals surface area contributed by atoms with Gasteiger partial charge in [0, 0.05) is 24.7 Å². The average molecular weight is 564 g/mol. The first kappa shape index (κ1) is 28.5. The molecule has 0 heterocycles. The smallest absolute Gasteiger partial charge is 0.337 e. The van der Waals surface area contributed by atoms with E-state index in [1.807, 2.05) is 42.5 Å². The van der Waals surface area contributed by atoms with Crippen LogP contribution in [0.25, 0.3) is 0 Å². The average Bonchev–Trinajstić information content (AvgIpc) is 2.96. The molecule has 0 spiro atoms. The van der Waals surface area contributed by atoms with Crippen molar-refractivity contribution in [3.8, 4) is 0 Å². The quantitative estimate of drug-likeness (QED) is 0.234. The molecule has 8 heteroatoms. The zero-order chi connectivity index (χ0) is 27.8. The van der Waals surface area contributed by atoms with E-state index in [2.05, 4.69) is 21.8 Å². The molecule has 39 heavy (non-hydrogen) atoms. The van der Waals surface area contributed by atoms with Crippen LogP contribution in [0.2, 0.25) is 5.02 Å². The van der Waals surface area contributed by atoms with Gasteiger partial charge in [-0.1, -0.05) is 66.2 Å². The summed E-state index contributed by atoms with van der Waals surface area (Å²) >= 11 is 6.00.